The summed E-state index contributed by atoms with van der Waals surface area (Å²) in [4.78, 5) is 0. The number of hydrogen-bond donors (Lipinski definition) is 0. The summed E-state index contributed by atoms with van der Waals surface area (Å²) in [5.41, 5.74) is 0. The van der Waals surface area contributed by atoms with E-state index in [4.69, 9.17) is 10.5 Å². The normalized spacial score (nSPS) is 6.50. The Labute approximate surface area is 57.7 Å². The van der Waals surface area contributed by atoms with Gasteiger partial charge in [0.25, 0.3) is 0 Å². The Balaban J connectivity index is 3.81. The Morgan fingerprint density at radius 2 is 1.62 bits per heavy atom. The molecule has 0 rings (SSSR count). The zero-order valence-corrected chi connectivity index (χ0v) is 9.41. The molecular weight excluding hydrogens is 294 g/mol. The molecule has 4 heteroatoms. The molecule has 0 unspecified atom stereocenters. The first-order chi connectivity index (χ1) is 3.72. The average Bonchev–Trinajstić information content (AvgIpc) is 1.69. The summed E-state index contributed by atoms with van der Waals surface area (Å²) in [6.45, 7) is 0. The van der Waals surface area contributed by atoms with Gasteiger partial charge in [0.1, 0.15) is 0 Å². The van der Waals surface area contributed by atoms with Crippen LogP contribution in [0.3, 0.4) is 0 Å². The van der Waals surface area contributed by atoms with Crippen molar-refractivity contribution < 1.29 is 0 Å². The summed E-state index contributed by atoms with van der Waals surface area (Å²) in [5.74, 6) is 0. The van der Waals surface area contributed by atoms with Crippen LogP contribution in [0.4, 0.5) is 0 Å². The van der Waals surface area contributed by atoms with Crippen LogP contribution in [0.2, 0.25) is 8.97 Å². The van der Waals surface area contributed by atoms with E-state index in [1.807, 2.05) is 21.4 Å². The molecule has 0 saturated heterocycles. The summed E-state index contributed by atoms with van der Waals surface area (Å²) >= 11 is -1.87. The molecule has 0 aromatic heterocycles. The Bertz CT molecular complexity index is 126. The van der Waals surface area contributed by atoms with Gasteiger partial charge in [0.05, 0.1) is 0 Å². The molecular formula is C4H6N3Tl. The van der Waals surface area contributed by atoms with Gasteiger partial charge in [-0.3, -0.25) is 0 Å². The second kappa shape index (κ2) is 3.67. The third kappa shape index (κ3) is 2.13. The van der Waals surface area contributed by atoms with Crippen molar-refractivity contribution in [3.8, 4) is 12.4 Å². The number of nitrogens with zero attached hydrogens (tertiary/aromatic N) is 3. The molecule has 40 valence electrons. The standard InChI is InChI=1S/C2N3.2CH3.Tl/c3-1-5-2-4;;;/h;2*1H3;/q-1;;;+1. The molecule has 0 aliphatic heterocycles. The van der Waals surface area contributed by atoms with Gasteiger partial charge >= 0.3 is 57.6 Å². The first-order valence-electron chi connectivity index (χ1n) is 2.31. The molecule has 0 spiro atoms. The van der Waals surface area contributed by atoms with Crippen molar-refractivity contribution in [2.24, 2.45) is 0 Å². The van der Waals surface area contributed by atoms with E-state index in [9.17, 15) is 0 Å². The molecule has 0 heterocycles. The van der Waals surface area contributed by atoms with Crippen molar-refractivity contribution >= 4 is 23.0 Å². The van der Waals surface area contributed by atoms with E-state index < -0.39 is 23.0 Å². The Morgan fingerprint density at radius 3 is 1.62 bits per heavy atom. The molecule has 3 nitrogen and oxygen atoms in total. The van der Waals surface area contributed by atoms with Crippen molar-refractivity contribution in [1.82, 2.24) is 2.71 Å². The van der Waals surface area contributed by atoms with Gasteiger partial charge in [-0.2, -0.15) is 0 Å². The number of rotatable bonds is 1. The molecule has 0 aliphatic carbocycles. The van der Waals surface area contributed by atoms with Crippen LogP contribution in [-0.4, -0.2) is 25.7 Å². The van der Waals surface area contributed by atoms with Crippen molar-refractivity contribution in [3.63, 3.8) is 0 Å². The van der Waals surface area contributed by atoms with Gasteiger partial charge in [-0.25, -0.2) is 0 Å². The topological polar surface area (TPSA) is 50.8 Å². The van der Waals surface area contributed by atoms with Crippen LogP contribution in [0, 0.1) is 22.9 Å². The quantitative estimate of drug-likeness (QED) is 0.403. The Morgan fingerprint density at radius 1 is 1.25 bits per heavy atom. The molecule has 0 bridgehead atoms. The van der Waals surface area contributed by atoms with E-state index in [1.54, 1.807) is 0 Å². The molecule has 0 N–H and O–H groups in total. The predicted octanol–water partition coefficient (Wildman–Crippen LogP) is 0.502. The van der Waals surface area contributed by atoms with Crippen LogP contribution in [0.5, 0.6) is 0 Å². The first-order valence-corrected chi connectivity index (χ1v) is 13.3. The molecule has 0 aromatic rings. The molecule has 0 aliphatic rings. The third-order valence-electron chi connectivity index (χ3n) is 0.732. The number of hydrogen-bond acceptors (Lipinski definition) is 3. The van der Waals surface area contributed by atoms with E-state index in [0.717, 1.165) is 0 Å². The fourth-order valence-corrected chi connectivity index (χ4v) is 2.05. The van der Waals surface area contributed by atoms with Crippen LogP contribution in [0.15, 0.2) is 0 Å². The molecule has 0 saturated carbocycles. The fraction of sp³-hybridized carbons (Fsp3) is 0.500. The predicted molar refractivity (Wildman–Crippen MR) is 30.5 cm³/mol. The van der Waals surface area contributed by atoms with E-state index in [1.165, 1.54) is 2.71 Å². The minimum absolute atomic E-state index is 1.25. The van der Waals surface area contributed by atoms with Gasteiger partial charge in [-0.1, -0.05) is 0 Å². The fourth-order valence-electron chi connectivity index (χ4n) is 0.253. The zero-order valence-electron chi connectivity index (χ0n) is 4.92. The van der Waals surface area contributed by atoms with Gasteiger partial charge in [-0.05, 0) is 0 Å². The van der Waals surface area contributed by atoms with Crippen molar-refractivity contribution in [2.45, 2.75) is 8.97 Å². The van der Waals surface area contributed by atoms with E-state index in [2.05, 4.69) is 0 Å². The van der Waals surface area contributed by atoms with Gasteiger partial charge < -0.3 is 0 Å². The maximum atomic E-state index is 8.21. The maximum absolute atomic E-state index is 8.21. The van der Waals surface area contributed by atoms with Crippen molar-refractivity contribution in [3.05, 3.63) is 0 Å². The second-order valence-electron chi connectivity index (χ2n) is 1.66. The van der Waals surface area contributed by atoms with Gasteiger partial charge in [0.2, 0.25) is 0 Å². The first kappa shape index (κ1) is 7.70. The second-order valence-corrected chi connectivity index (χ2v) is 12.2. The van der Waals surface area contributed by atoms with E-state index in [-0.39, 0.29) is 0 Å². The third-order valence-corrected chi connectivity index (χ3v) is 5.64. The SMILES string of the molecule is [CH3][Tl]([CH3])[N](C#N)C#N. The average molecular weight is 300 g/mol. The van der Waals surface area contributed by atoms with Crippen molar-refractivity contribution in [2.75, 3.05) is 0 Å². The van der Waals surface area contributed by atoms with Crippen molar-refractivity contribution in [1.29, 1.82) is 10.5 Å². The molecule has 0 radical (unpaired) electrons. The monoisotopic (exact) mass is 301 g/mol. The summed E-state index contributed by atoms with van der Waals surface area (Å²) in [7, 11) is 0. The molecule has 0 fully saturated rings. The molecule has 0 amide bonds. The van der Waals surface area contributed by atoms with Gasteiger partial charge in [0.15, 0.2) is 0 Å². The zero-order chi connectivity index (χ0) is 6.57. The molecule has 0 aromatic carbocycles. The number of nitriles is 2. The van der Waals surface area contributed by atoms with Gasteiger partial charge in [0, 0.05) is 0 Å². The summed E-state index contributed by atoms with van der Waals surface area (Å²) in [6.07, 6.45) is 3.64. The van der Waals surface area contributed by atoms with Crippen LogP contribution in [0.25, 0.3) is 0 Å². The van der Waals surface area contributed by atoms with Crippen LogP contribution >= 0.6 is 0 Å². The minimum atomic E-state index is -1.87. The Kier molecular flexibility index (Phi) is 3.54. The summed E-state index contributed by atoms with van der Waals surface area (Å²) in [6, 6.07) is 0. The van der Waals surface area contributed by atoms with Crippen LogP contribution in [-0.2, 0) is 0 Å². The van der Waals surface area contributed by atoms with E-state index in [0.29, 0.717) is 0 Å². The van der Waals surface area contributed by atoms with E-state index >= 15 is 0 Å². The summed E-state index contributed by atoms with van der Waals surface area (Å²) in [5, 5.41) is 16.4. The molecule has 0 atom stereocenters. The van der Waals surface area contributed by atoms with Crippen LogP contribution in [0.1, 0.15) is 0 Å². The van der Waals surface area contributed by atoms with Crippen LogP contribution < -0.4 is 0 Å². The summed E-state index contributed by atoms with van der Waals surface area (Å²) < 4.78 is 5.26. The molecule has 8 heavy (non-hydrogen) atoms. The Hall–Kier alpha value is -0.298. The van der Waals surface area contributed by atoms with Gasteiger partial charge in [-0.15, -0.1) is 0 Å².